The topological polar surface area (TPSA) is 12.4 Å². The molecule has 1 aliphatic rings. The Balaban J connectivity index is 1.86. The van der Waals surface area contributed by atoms with Crippen molar-refractivity contribution in [2.75, 3.05) is 0 Å². The van der Waals surface area contributed by atoms with Crippen LogP contribution in [0.25, 0.3) is 0 Å². The Morgan fingerprint density at radius 2 is 2.00 bits per heavy atom. The Kier molecular flexibility index (Phi) is 3.29. The normalized spacial score (nSPS) is 19.4. The van der Waals surface area contributed by atoms with Gasteiger partial charge in [-0.2, -0.15) is 0 Å². The van der Waals surface area contributed by atoms with Crippen molar-refractivity contribution >= 4 is 39.6 Å². The number of hydrogen-bond acceptors (Lipinski definition) is 2. The van der Waals surface area contributed by atoms with Crippen LogP contribution in [0.4, 0.5) is 0 Å². The van der Waals surface area contributed by atoms with Crippen LogP contribution in [0.15, 0.2) is 46.8 Å². The maximum atomic E-state index is 4.86. The minimum absolute atomic E-state index is 0.393. The molecular formula is C14H12INS. The first-order valence-electron chi connectivity index (χ1n) is 5.69. The van der Waals surface area contributed by atoms with Gasteiger partial charge in [0.15, 0.2) is 0 Å². The molecule has 0 aliphatic carbocycles. The van der Waals surface area contributed by atoms with Crippen molar-refractivity contribution in [3.8, 4) is 0 Å². The quantitative estimate of drug-likeness (QED) is 0.696. The fourth-order valence-electron chi connectivity index (χ4n) is 2.14. The van der Waals surface area contributed by atoms with Crippen LogP contribution in [0.5, 0.6) is 0 Å². The van der Waals surface area contributed by atoms with E-state index in [-0.39, 0.29) is 0 Å². The average Bonchev–Trinajstić information content (AvgIpc) is 3.00. The lowest BCUT2D eigenvalue weighted by molar-refractivity contribution is 0.737. The predicted octanol–water partition coefficient (Wildman–Crippen LogP) is 4.68. The van der Waals surface area contributed by atoms with E-state index >= 15 is 0 Å². The highest BCUT2D eigenvalue weighted by molar-refractivity contribution is 14.1. The van der Waals surface area contributed by atoms with Crippen molar-refractivity contribution in [3.05, 3.63) is 55.8 Å². The minimum atomic E-state index is 0.393. The molecule has 1 atom stereocenters. The molecule has 1 aliphatic heterocycles. The van der Waals surface area contributed by atoms with Gasteiger partial charge in [0.25, 0.3) is 0 Å². The van der Waals surface area contributed by atoms with Gasteiger partial charge in [0.05, 0.1) is 6.04 Å². The summed E-state index contributed by atoms with van der Waals surface area (Å²) in [6, 6.07) is 13.3. The van der Waals surface area contributed by atoms with Gasteiger partial charge in [-0.1, -0.05) is 18.2 Å². The van der Waals surface area contributed by atoms with Gasteiger partial charge in [0.2, 0.25) is 0 Å². The molecular weight excluding hydrogens is 341 g/mol. The smallest absolute Gasteiger partial charge is 0.0848 e. The Morgan fingerprint density at radius 1 is 1.18 bits per heavy atom. The van der Waals surface area contributed by atoms with E-state index in [4.69, 9.17) is 4.99 Å². The van der Waals surface area contributed by atoms with Crippen LogP contribution in [0, 0.1) is 3.57 Å². The molecule has 0 saturated heterocycles. The van der Waals surface area contributed by atoms with Gasteiger partial charge in [-0.05, 0) is 64.6 Å². The van der Waals surface area contributed by atoms with Crippen molar-refractivity contribution < 1.29 is 0 Å². The maximum absolute atomic E-state index is 4.86. The standard InChI is InChI=1S/C14H12INS/c15-11-5-3-10(4-6-11)12-7-8-13(16-12)14-2-1-9-17-14/h1-6,9,13H,7-8H2. The predicted molar refractivity (Wildman–Crippen MR) is 82.0 cm³/mol. The molecule has 1 nitrogen and oxygen atoms in total. The Morgan fingerprint density at radius 3 is 2.71 bits per heavy atom. The largest absolute Gasteiger partial charge is 0.280 e. The fraction of sp³-hybridized carbons (Fsp3) is 0.214. The van der Waals surface area contributed by atoms with E-state index in [2.05, 4.69) is 64.4 Å². The van der Waals surface area contributed by atoms with Gasteiger partial charge in [0, 0.05) is 14.2 Å². The molecule has 0 spiro atoms. The zero-order valence-electron chi connectivity index (χ0n) is 9.27. The minimum Gasteiger partial charge on any atom is -0.280 e. The van der Waals surface area contributed by atoms with E-state index in [1.807, 2.05) is 11.3 Å². The second-order valence-corrected chi connectivity index (χ2v) is 6.38. The second-order valence-electron chi connectivity index (χ2n) is 4.15. The van der Waals surface area contributed by atoms with Crippen LogP contribution in [0.1, 0.15) is 29.3 Å². The van der Waals surface area contributed by atoms with Crippen molar-refractivity contribution in [2.24, 2.45) is 4.99 Å². The van der Waals surface area contributed by atoms with E-state index in [1.54, 1.807) is 0 Å². The Bertz CT molecular complexity index is 528. The highest BCUT2D eigenvalue weighted by Crippen LogP contribution is 2.33. The Hall–Kier alpha value is -0.680. The molecule has 0 radical (unpaired) electrons. The van der Waals surface area contributed by atoms with Crippen LogP contribution in [0.2, 0.25) is 0 Å². The molecule has 0 amide bonds. The van der Waals surface area contributed by atoms with Gasteiger partial charge >= 0.3 is 0 Å². The number of nitrogens with zero attached hydrogens (tertiary/aromatic N) is 1. The molecule has 2 aromatic rings. The second kappa shape index (κ2) is 4.90. The van der Waals surface area contributed by atoms with Crippen LogP contribution in [-0.2, 0) is 0 Å². The molecule has 0 fully saturated rings. The third kappa shape index (κ3) is 2.45. The third-order valence-corrected chi connectivity index (χ3v) is 4.71. The lowest BCUT2D eigenvalue weighted by Crippen LogP contribution is -1.94. The molecule has 17 heavy (non-hydrogen) atoms. The number of thiophene rings is 1. The average molecular weight is 353 g/mol. The van der Waals surface area contributed by atoms with E-state index in [0.717, 1.165) is 12.8 Å². The van der Waals surface area contributed by atoms with E-state index in [9.17, 15) is 0 Å². The monoisotopic (exact) mass is 353 g/mol. The summed E-state index contributed by atoms with van der Waals surface area (Å²) in [7, 11) is 0. The highest BCUT2D eigenvalue weighted by Gasteiger charge is 2.20. The lowest BCUT2D eigenvalue weighted by Gasteiger charge is -2.01. The third-order valence-electron chi connectivity index (χ3n) is 3.02. The molecule has 2 heterocycles. The number of rotatable bonds is 2. The van der Waals surface area contributed by atoms with Crippen LogP contribution >= 0.6 is 33.9 Å². The fourth-order valence-corrected chi connectivity index (χ4v) is 3.30. The summed E-state index contributed by atoms with van der Waals surface area (Å²) in [5.41, 5.74) is 2.55. The number of halogens is 1. The summed E-state index contributed by atoms with van der Waals surface area (Å²) in [5, 5.41) is 2.13. The van der Waals surface area contributed by atoms with E-state index in [1.165, 1.54) is 19.7 Å². The summed E-state index contributed by atoms with van der Waals surface area (Å²) in [6.07, 6.45) is 2.25. The zero-order valence-corrected chi connectivity index (χ0v) is 12.2. The summed E-state index contributed by atoms with van der Waals surface area (Å²) in [5.74, 6) is 0. The Labute approximate surface area is 119 Å². The molecule has 3 heteroatoms. The van der Waals surface area contributed by atoms with Crippen molar-refractivity contribution in [1.29, 1.82) is 0 Å². The molecule has 1 aromatic carbocycles. The molecule has 0 bridgehead atoms. The van der Waals surface area contributed by atoms with Gasteiger partial charge in [-0.25, -0.2) is 0 Å². The molecule has 86 valence electrons. The summed E-state index contributed by atoms with van der Waals surface area (Å²) >= 11 is 4.15. The molecule has 3 rings (SSSR count). The van der Waals surface area contributed by atoms with Gasteiger partial charge in [0.1, 0.15) is 0 Å². The van der Waals surface area contributed by atoms with Crippen molar-refractivity contribution in [2.45, 2.75) is 18.9 Å². The maximum Gasteiger partial charge on any atom is 0.0848 e. The first kappa shape index (κ1) is 11.4. The number of benzene rings is 1. The molecule has 0 N–H and O–H groups in total. The zero-order chi connectivity index (χ0) is 11.7. The van der Waals surface area contributed by atoms with E-state index in [0.29, 0.717) is 6.04 Å². The molecule has 1 unspecified atom stereocenters. The summed E-state index contributed by atoms with van der Waals surface area (Å²) in [6.45, 7) is 0. The highest BCUT2D eigenvalue weighted by atomic mass is 127. The van der Waals surface area contributed by atoms with Crippen molar-refractivity contribution in [3.63, 3.8) is 0 Å². The summed E-state index contributed by atoms with van der Waals surface area (Å²) < 4.78 is 1.28. The van der Waals surface area contributed by atoms with E-state index < -0.39 is 0 Å². The first-order chi connectivity index (χ1) is 8.33. The number of aliphatic imine (C=N–C) groups is 1. The first-order valence-corrected chi connectivity index (χ1v) is 7.65. The van der Waals surface area contributed by atoms with Crippen LogP contribution < -0.4 is 0 Å². The van der Waals surface area contributed by atoms with Crippen LogP contribution in [0.3, 0.4) is 0 Å². The van der Waals surface area contributed by atoms with Gasteiger partial charge in [-0.3, -0.25) is 4.99 Å². The van der Waals surface area contributed by atoms with Crippen LogP contribution in [-0.4, -0.2) is 5.71 Å². The lowest BCUT2D eigenvalue weighted by atomic mass is 10.1. The van der Waals surface area contributed by atoms with Gasteiger partial charge in [-0.15, -0.1) is 11.3 Å². The SMILES string of the molecule is Ic1ccc(C2=NC(c3cccs3)CC2)cc1. The summed E-state index contributed by atoms with van der Waals surface area (Å²) in [4.78, 5) is 6.25. The van der Waals surface area contributed by atoms with Gasteiger partial charge < -0.3 is 0 Å². The molecule has 1 aromatic heterocycles. The number of hydrogen-bond donors (Lipinski definition) is 0. The molecule has 0 saturated carbocycles. The van der Waals surface area contributed by atoms with Crippen molar-refractivity contribution in [1.82, 2.24) is 0 Å².